The van der Waals surface area contributed by atoms with Crippen molar-refractivity contribution in [3.05, 3.63) is 175 Å². The number of aliphatic imine (C=N–C) groups is 1. The summed E-state index contributed by atoms with van der Waals surface area (Å²) in [4.78, 5) is 9.74. The normalized spacial score (nSPS) is 17.0. The largest absolute Gasteiger partial charge is 0.357 e. The smallest absolute Gasteiger partial charge is 0.129 e. The van der Waals surface area contributed by atoms with E-state index >= 15 is 0 Å². The summed E-state index contributed by atoms with van der Waals surface area (Å²) < 4.78 is 0. The van der Waals surface area contributed by atoms with Crippen molar-refractivity contribution in [1.82, 2.24) is 4.90 Å². The fourth-order valence-electron chi connectivity index (χ4n) is 9.19. The Morgan fingerprint density at radius 2 is 1.30 bits per heavy atom. The molecular formula is C50H41N3. The lowest BCUT2D eigenvalue weighted by Crippen LogP contribution is -2.47. The molecule has 0 amide bonds. The summed E-state index contributed by atoms with van der Waals surface area (Å²) >= 11 is 0. The first kappa shape index (κ1) is 31.5. The molecule has 256 valence electrons. The Balaban J connectivity index is 1.34. The summed E-state index contributed by atoms with van der Waals surface area (Å²) in [6.45, 7) is 5.57. The molecule has 0 bridgehead atoms. The number of likely N-dealkylation sites (N-methyl/N-ethyl adjacent to an activating group) is 1. The highest BCUT2D eigenvalue weighted by molar-refractivity contribution is 6.25. The van der Waals surface area contributed by atoms with Crippen LogP contribution in [0.2, 0.25) is 0 Å². The second kappa shape index (κ2) is 12.2. The van der Waals surface area contributed by atoms with Gasteiger partial charge in [-0.25, -0.2) is 0 Å². The molecule has 0 aromatic heterocycles. The fourth-order valence-corrected chi connectivity index (χ4v) is 9.19. The number of allylic oxidation sites excluding steroid dienone is 2. The number of dihydropyridines is 1. The van der Waals surface area contributed by atoms with Crippen molar-refractivity contribution < 1.29 is 0 Å². The van der Waals surface area contributed by atoms with Crippen LogP contribution in [0.3, 0.4) is 0 Å². The molecule has 10 rings (SSSR count). The summed E-state index contributed by atoms with van der Waals surface area (Å²) in [5.41, 5.74) is 11.5. The van der Waals surface area contributed by atoms with Crippen LogP contribution in [0, 0.1) is 0 Å². The fraction of sp³-hybridized carbons (Fsp3) is 0.140. The molecule has 0 saturated heterocycles. The molecule has 3 aliphatic rings. The Kier molecular flexibility index (Phi) is 7.26. The number of hydrogen-bond donors (Lipinski definition) is 0. The SMILES string of the molecule is CN1C=CC=CC1N(C1=NCCC=C1)c1ccc2c(-c3ccccc3)c3ccccc3c(-c3cc4c(c5ccccc35)-c3ccccc3C4(C)C)c2c1. The van der Waals surface area contributed by atoms with Gasteiger partial charge in [0.1, 0.15) is 12.0 Å². The van der Waals surface area contributed by atoms with Gasteiger partial charge in [0.15, 0.2) is 0 Å². The van der Waals surface area contributed by atoms with Gasteiger partial charge >= 0.3 is 0 Å². The van der Waals surface area contributed by atoms with E-state index < -0.39 is 0 Å². The summed E-state index contributed by atoms with van der Waals surface area (Å²) in [5, 5.41) is 7.59. The van der Waals surface area contributed by atoms with Crippen LogP contribution in [0.4, 0.5) is 5.69 Å². The number of anilines is 1. The molecule has 2 heterocycles. The number of benzene rings is 7. The van der Waals surface area contributed by atoms with Crippen LogP contribution in [0.1, 0.15) is 31.4 Å². The maximum atomic E-state index is 5.08. The van der Waals surface area contributed by atoms with E-state index in [0.717, 1.165) is 24.5 Å². The molecule has 0 saturated carbocycles. The topological polar surface area (TPSA) is 18.8 Å². The highest BCUT2D eigenvalue weighted by Gasteiger charge is 2.37. The highest BCUT2D eigenvalue weighted by atomic mass is 15.4. The molecule has 3 nitrogen and oxygen atoms in total. The molecule has 53 heavy (non-hydrogen) atoms. The first-order valence-corrected chi connectivity index (χ1v) is 18.8. The summed E-state index contributed by atoms with van der Waals surface area (Å²) in [5.74, 6) is 0.987. The molecule has 0 fully saturated rings. The van der Waals surface area contributed by atoms with Crippen LogP contribution in [-0.4, -0.2) is 30.5 Å². The van der Waals surface area contributed by atoms with Crippen LogP contribution in [0.25, 0.3) is 65.7 Å². The number of nitrogens with zero attached hydrogens (tertiary/aromatic N) is 3. The Hall–Kier alpha value is -6.19. The lowest BCUT2D eigenvalue weighted by Gasteiger charge is -2.38. The van der Waals surface area contributed by atoms with Crippen molar-refractivity contribution >= 4 is 43.8 Å². The molecule has 7 aromatic carbocycles. The van der Waals surface area contributed by atoms with E-state index in [1.807, 2.05) is 0 Å². The molecular weight excluding hydrogens is 643 g/mol. The molecule has 0 radical (unpaired) electrons. The zero-order valence-corrected chi connectivity index (χ0v) is 30.4. The first-order chi connectivity index (χ1) is 26.0. The molecule has 1 atom stereocenters. The van der Waals surface area contributed by atoms with Gasteiger partial charge in [-0.2, -0.15) is 0 Å². The van der Waals surface area contributed by atoms with Crippen molar-refractivity contribution in [1.29, 1.82) is 0 Å². The minimum Gasteiger partial charge on any atom is -0.357 e. The van der Waals surface area contributed by atoms with Crippen LogP contribution >= 0.6 is 0 Å². The number of fused-ring (bicyclic) bond motifs is 7. The van der Waals surface area contributed by atoms with E-state index in [9.17, 15) is 0 Å². The van der Waals surface area contributed by atoms with Gasteiger partial charge < -0.3 is 9.80 Å². The van der Waals surface area contributed by atoms with Crippen molar-refractivity contribution in [3.63, 3.8) is 0 Å². The van der Waals surface area contributed by atoms with Crippen molar-refractivity contribution in [3.8, 4) is 33.4 Å². The zero-order chi connectivity index (χ0) is 35.7. The highest BCUT2D eigenvalue weighted by Crippen LogP contribution is 2.55. The maximum absolute atomic E-state index is 5.08. The lowest BCUT2D eigenvalue weighted by atomic mass is 9.79. The number of rotatable bonds is 4. The Morgan fingerprint density at radius 1 is 0.623 bits per heavy atom. The van der Waals surface area contributed by atoms with Crippen LogP contribution in [0.5, 0.6) is 0 Å². The van der Waals surface area contributed by atoms with E-state index in [0.29, 0.717) is 0 Å². The quantitative estimate of drug-likeness (QED) is 0.172. The van der Waals surface area contributed by atoms with Gasteiger partial charge in [0, 0.05) is 30.9 Å². The maximum Gasteiger partial charge on any atom is 0.129 e. The molecule has 7 aromatic rings. The van der Waals surface area contributed by atoms with Gasteiger partial charge in [-0.1, -0.05) is 135 Å². The third-order valence-corrected chi connectivity index (χ3v) is 11.7. The average molecular weight is 684 g/mol. The van der Waals surface area contributed by atoms with Crippen LogP contribution < -0.4 is 4.90 Å². The van der Waals surface area contributed by atoms with Crippen molar-refractivity contribution in [2.75, 3.05) is 18.5 Å². The van der Waals surface area contributed by atoms with Gasteiger partial charge in [-0.15, -0.1) is 0 Å². The van der Waals surface area contributed by atoms with Gasteiger partial charge in [-0.3, -0.25) is 4.99 Å². The van der Waals surface area contributed by atoms with Gasteiger partial charge in [-0.05, 0) is 120 Å². The van der Waals surface area contributed by atoms with E-state index in [-0.39, 0.29) is 11.6 Å². The van der Waals surface area contributed by atoms with Gasteiger partial charge in [0.05, 0.1) is 0 Å². The minimum atomic E-state index is -0.140. The number of amidine groups is 1. The molecule has 1 unspecified atom stereocenters. The first-order valence-electron chi connectivity index (χ1n) is 18.8. The third kappa shape index (κ3) is 4.84. The predicted octanol–water partition coefficient (Wildman–Crippen LogP) is 12.3. The number of hydrogen-bond acceptors (Lipinski definition) is 3. The molecule has 1 aliphatic carbocycles. The van der Waals surface area contributed by atoms with Crippen LogP contribution in [-0.2, 0) is 5.41 Å². The monoisotopic (exact) mass is 683 g/mol. The van der Waals surface area contributed by atoms with Gasteiger partial charge in [0.2, 0.25) is 0 Å². The minimum absolute atomic E-state index is 0.0171. The van der Waals surface area contributed by atoms with Crippen LogP contribution in [0.15, 0.2) is 169 Å². The molecule has 2 aliphatic heterocycles. The van der Waals surface area contributed by atoms with Crippen molar-refractivity contribution in [2.24, 2.45) is 4.99 Å². The second-order valence-corrected chi connectivity index (χ2v) is 15.1. The predicted molar refractivity (Wildman–Crippen MR) is 226 cm³/mol. The second-order valence-electron chi connectivity index (χ2n) is 15.1. The summed E-state index contributed by atoms with van der Waals surface area (Å²) in [6.07, 6.45) is 14.1. The Labute approximate surface area is 311 Å². The standard InChI is InChI=1S/C50H41N3/c1-50(2)43-24-12-11-23-40(43)49-36-20-8-7-19-35(36)42(32-44(49)50)48-38-22-10-9-21-37(38)47(33-17-5-4-6-18-33)39-28-27-34(31-41(39)48)53(45-25-13-15-29-51-45)46-26-14-16-30-52(46)3/h4-14,16-28,30-32,46H,15,29H2,1-3H3. The average Bonchev–Trinajstić information content (AvgIpc) is 3.44. The van der Waals surface area contributed by atoms with E-state index in [2.05, 4.69) is 195 Å². The zero-order valence-electron chi connectivity index (χ0n) is 30.4. The molecule has 0 N–H and O–H groups in total. The lowest BCUT2D eigenvalue weighted by molar-refractivity contribution is 0.388. The molecule has 3 heteroatoms. The Morgan fingerprint density at radius 3 is 2.06 bits per heavy atom. The van der Waals surface area contributed by atoms with E-state index in [1.165, 1.54) is 76.8 Å². The summed E-state index contributed by atoms with van der Waals surface area (Å²) in [6, 6.07) is 47.6. The van der Waals surface area contributed by atoms with Crippen molar-refractivity contribution in [2.45, 2.75) is 31.8 Å². The van der Waals surface area contributed by atoms with Gasteiger partial charge in [0.25, 0.3) is 0 Å². The summed E-state index contributed by atoms with van der Waals surface area (Å²) in [7, 11) is 2.15. The van der Waals surface area contributed by atoms with E-state index in [1.54, 1.807) is 0 Å². The third-order valence-electron chi connectivity index (χ3n) is 11.7. The van der Waals surface area contributed by atoms with E-state index in [4.69, 9.17) is 4.99 Å². The molecule has 0 spiro atoms. The Bertz CT molecular complexity index is 2730.